The van der Waals surface area contributed by atoms with Gasteiger partial charge in [0, 0.05) is 45.8 Å². The zero-order valence-corrected chi connectivity index (χ0v) is 15.4. The van der Waals surface area contributed by atoms with Crippen molar-refractivity contribution >= 4 is 5.91 Å². The Morgan fingerprint density at radius 1 is 1.31 bits per heavy atom. The van der Waals surface area contributed by atoms with Gasteiger partial charge in [-0.2, -0.15) is 0 Å². The monoisotopic (exact) mass is 355 g/mol. The zero-order valence-electron chi connectivity index (χ0n) is 15.4. The van der Waals surface area contributed by atoms with E-state index in [-0.39, 0.29) is 17.9 Å². The van der Waals surface area contributed by atoms with Crippen molar-refractivity contribution in [1.29, 1.82) is 0 Å². The average molecular weight is 355 g/mol. The molecular formula is C20H25N3O3. The van der Waals surface area contributed by atoms with Gasteiger partial charge in [-0.25, -0.2) is 4.98 Å². The van der Waals surface area contributed by atoms with Crippen LogP contribution in [0.1, 0.15) is 47.1 Å². The van der Waals surface area contributed by atoms with Crippen LogP contribution in [0.4, 0.5) is 0 Å². The van der Waals surface area contributed by atoms with Gasteiger partial charge in [0.25, 0.3) is 5.89 Å². The number of likely N-dealkylation sites (tertiary alicyclic amines) is 1. The van der Waals surface area contributed by atoms with E-state index in [9.17, 15) is 4.79 Å². The number of carbonyl (C=O) groups excluding carboxylic acids is 1. The summed E-state index contributed by atoms with van der Waals surface area (Å²) in [6, 6.07) is 10.8. The molecule has 138 valence electrons. The van der Waals surface area contributed by atoms with Crippen LogP contribution in [-0.4, -0.2) is 53.5 Å². The Bertz CT molecular complexity index is 774. The minimum atomic E-state index is -0.124. The minimum Gasteiger partial charge on any atom is -0.437 e. The number of hydrogen-bond donors (Lipinski definition) is 0. The number of carbonyl (C=O) groups is 1. The molecule has 2 aromatic rings. The first kappa shape index (κ1) is 17.2. The highest BCUT2D eigenvalue weighted by Gasteiger charge is 2.32. The van der Waals surface area contributed by atoms with E-state index in [0.29, 0.717) is 25.7 Å². The molecule has 2 atom stereocenters. The highest BCUT2D eigenvalue weighted by Crippen LogP contribution is 2.28. The Balaban J connectivity index is 1.46. The van der Waals surface area contributed by atoms with Crippen molar-refractivity contribution in [3.8, 4) is 0 Å². The molecule has 0 bridgehead atoms. The van der Waals surface area contributed by atoms with Crippen LogP contribution in [0.15, 0.2) is 34.7 Å². The molecule has 0 aliphatic carbocycles. The van der Waals surface area contributed by atoms with Crippen molar-refractivity contribution in [2.24, 2.45) is 0 Å². The smallest absolute Gasteiger partial charge is 0.309 e. The molecule has 2 aliphatic heterocycles. The molecule has 26 heavy (non-hydrogen) atoms. The number of amides is 1. The molecule has 1 aromatic heterocycles. The van der Waals surface area contributed by atoms with Gasteiger partial charge in [-0.3, -0.25) is 9.69 Å². The van der Waals surface area contributed by atoms with Gasteiger partial charge in [0.05, 0.1) is 11.8 Å². The highest BCUT2D eigenvalue weighted by molar-refractivity contribution is 5.90. The Morgan fingerprint density at radius 3 is 2.85 bits per heavy atom. The van der Waals surface area contributed by atoms with Crippen molar-refractivity contribution < 1.29 is 13.9 Å². The number of rotatable bonds is 4. The summed E-state index contributed by atoms with van der Waals surface area (Å²) >= 11 is 0. The van der Waals surface area contributed by atoms with Gasteiger partial charge in [-0.05, 0) is 18.9 Å². The highest BCUT2D eigenvalue weighted by atomic mass is 16.5. The molecule has 0 N–H and O–H groups in total. The summed E-state index contributed by atoms with van der Waals surface area (Å²) in [7, 11) is 1.69. The topological polar surface area (TPSA) is 58.8 Å². The van der Waals surface area contributed by atoms with E-state index in [1.807, 2.05) is 6.07 Å². The third-order valence-electron chi connectivity index (χ3n) is 5.54. The average Bonchev–Trinajstić information content (AvgIpc) is 3.33. The quantitative estimate of drug-likeness (QED) is 0.844. The van der Waals surface area contributed by atoms with E-state index < -0.39 is 0 Å². The lowest BCUT2D eigenvalue weighted by Crippen LogP contribution is -2.32. The maximum absolute atomic E-state index is 12.7. The molecule has 0 saturated carbocycles. The van der Waals surface area contributed by atoms with E-state index in [1.165, 1.54) is 5.56 Å². The molecule has 2 aliphatic rings. The molecular weight excluding hydrogens is 330 g/mol. The van der Waals surface area contributed by atoms with Crippen LogP contribution >= 0.6 is 0 Å². The Hall–Kier alpha value is -2.18. The second-order valence-corrected chi connectivity index (χ2v) is 7.09. The number of methoxy groups -OCH3 is 1. The summed E-state index contributed by atoms with van der Waals surface area (Å²) in [5.41, 5.74) is 2.18. The van der Waals surface area contributed by atoms with Crippen LogP contribution in [-0.2, 0) is 17.7 Å². The first-order valence-electron chi connectivity index (χ1n) is 9.25. The molecule has 6 nitrogen and oxygen atoms in total. The maximum atomic E-state index is 12.7. The number of benzene rings is 1. The molecule has 6 heteroatoms. The second-order valence-electron chi connectivity index (χ2n) is 7.09. The lowest BCUT2D eigenvalue weighted by Gasteiger charge is -2.31. The van der Waals surface area contributed by atoms with E-state index in [0.717, 1.165) is 30.8 Å². The van der Waals surface area contributed by atoms with Gasteiger partial charge in [-0.15, -0.1) is 0 Å². The first-order chi connectivity index (χ1) is 12.7. The Morgan fingerprint density at radius 2 is 2.12 bits per heavy atom. The van der Waals surface area contributed by atoms with Crippen LogP contribution in [0.3, 0.4) is 0 Å². The van der Waals surface area contributed by atoms with Crippen molar-refractivity contribution in [1.82, 2.24) is 14.8 Å². The third-order valence-corrected chi connectivity index (χ3v) is 5.54. The molecule has 4 rings (SSSR count). The van der Waals surface area contributed by atoms with Gasteiger partial charge in [0.15, 0.2) is 0 Å². The van der Waals surface area contributed by atoms with E-state index >= 15 is 0 Å². The van der Waals surface area contributed by atoms with Gasteiger partial charge in [0.2, 0.25) is 0 Å². The molecule has 0 radical (unpaired) electrons. The predicted molar refractivity (Wildman–Crippen MR) is 96.8 cm³/mol. The summed E-state index contributed by atoms with van der Waals surface area (Å²) in [4.78, 5) is 21.3. The fraction of sp³-hybridized carbons (Fsp3) is 0.500. The first-order valence-corrected chi connectivity index (χ1v) is 9.25. The molecule has 0 spiro atoms. The maximum Gasteiger partial charge on any atom is 0.309 e. The predicted octanol–water partition coefficient (Wildman–Crippen LogP) is 2.65. The lowest BCUT2D eigenvalue weighted by molar-refractivity contribution is 0.0686. The second kappa shape index (κ2) is 7.21. The van der Waals surface area contributed by atoms with Gasteiger partial charge in [0.1, 0.15) is 5.76 Å². The van der Waals surface area contributed by atoms with Crippen molar-refractivity contribution in [3.63, 3.8) is 0 Å². The summed E-state index contributed by atoms with van der Waals surface area (Å²) < 4.78 is 11.2. The molecule has 3 heterocycles. The number of fused-ring (bicyclic) bond motifs is 1. The fourth-order valence-electron chi connectivity index (χ4n) is 3.82. The molecule has 1 amide bonds. The minimum absolute atomic E-state index is 0.116. The number of ether oxygens (including phenoxy) is 1. The Labute approximate surface area is 153 Å². The van der Waals surface area contributed by atoms with Gasteiger partial charge >= 0.3 is 5.91 Å². The largest absolute Gasteiger partial charge is 0.437 e. The number of nitrogens with zero attached hydrogens (tertiary/aromatic N) is 3. The van der Waals surface area contributed by atoms with Gasteiger partial charge < -0.3 is 14.1 Å². The molecule has 1 fully saturated rings. The van der Waals surface area contributed by atoms with Crippen LogP contribution in [0.25, 0.3) is 0 Å². The lowest BCUT2D eigenvalue weighted by atomic mass is 10.0. The summed E-state index contributed by atoms with van der Waals surface area (Å²) in [6.07, 6.45) is 1.77. The molecule has 0 unspecified atom stereocenters. The van der Waals surface area contributed by atoms with Crippen molar-refractivity contribution in [2.45, 2.75) is 38.5 Å². The number of aromatic nitrogens is 1. The summed E-state index contributed by atoms with van der Waals surface area (Å²) in [5.74, 6) is 0.954. The van der Waals surface area contributed by atoms with Crippen LogP contribution in [0.5, 0.6) is 0 Å². The van der Waals surface area contributed by atoms with Crippen molar-refractivity contribution in [3.05, 3.63) is 53.2 Å². The molecule has 1 aromatic carbocycles. The normalized spacial score (nSPS) is 21.6. The fourth-order valence-corrected chi connectivity index (χ4v) is 3.82. The summed E-state index contributed by atoms with van der Waals surface area (Å²) in [5, 5.41) is 0. The Kier molecular flexibility index (Phi) is 4.78. The van der Waals surface area contributed by atoms with Crippen LogP contribution in [0, 0.1) is 0 Å². The standard InChI is InChI=1S/C20H25N3O3/c1-14(15-6-4-3-5-7-15)22-11-9-18-17(13-22)21-19(26-18)20(24)23-10-8-16(12-23)25-2/h3-7,14,16H,8-13H2,1-2H3/t14-,16+/m0/s1. The van der Waals surface area contributed by atoms with E-state index in [4.69, 9.17) is 9.15 Å². The van der Waals surface area contributed by atoms with E-state index in [2.05, 4.69) is 41.1 Å². The number of hydrogen-bond acceptors (Lipinski definition) is 5. The van der Waals surface area contributed by atoms with Gasteiger partial charge in [-0.1, -0.05) is 30.3 Å². The molecule has 1 saturated heterocycles. The van der Waals surface area contributed by atoms with Crippen molar-refractivity contribution in [2.75, 3.05) is 26.7 Å². The SMILES string of the molecule is CO[C@@H]1CCN(C(=O)c2nc3c(o2)CCN([C@@H](C)c2ccccc2)C3)C1. The number of oxazole rings is 1. The van der Waals surface area contributed by atoms with Crippen LogP contribution in [0.2, 0.25) is 0 Å². The van der Waals surface area contributed by atoms with Crippen LogP contribution < -0.4 is 0 Å². The zero-order chi connectivity index (χ0) is 18.1. The van der Waals surface area contributed by atoms with E-state index in [1.54, 1.807) is 12.0 Å². The summed E-state index contributed by atoms with van der Waals surface area (Å²) in [6.45, 7) is 5.13. The third kappa shape index (κ3) is 3.27.